The van der Waals surface area contributed by atoms with E-state index in [2.05, 4.69) is 5.32 Å². The van der Waals surface area contributed by atoms with Crippen LogP contribution in [0.3, 0.4) is 0 Å². The van der Waals surface area contributed by atoms with Crippen LogP contribution in [-0.4, -0.2) is 59.1 Å². The molecule has 0 saturated carbocycles. The van der Waals surface area contributed by atoms with Crippen molar-refractivity contribution in [3.8, 4) is 0 Å². The molecule has 1 N–H and O–H groups in total. The van der Waals surface area contributed by atoms with Crippen LogP contribution in [0.15, 0.2) is 24.3 Å². The van der Waals surface area contributed by atoms with E-state index in [-0.39, 0.29) is 35.9 Å². The van der Waals surface area contributed by atoms with Crippen molar-refractivity contribution in [2.75, 3.05) is 19.6 Å². The van der Waals surface area contributed by atoms with Gasteiger partial charge in [-0.3, -0.25) is 4.79 Å². The van der Waals surface area contributed by atoms with E-state index >= 15 is 0 Å². The number of ether oxygens (including phenoxy) is 1. The minimum absolute atomic E-state index is 0.0317. The molecule has 0 aromatic heterocycles. The van der Waals surface area contributed by atoms with Crippen LogP contribution in [0, 0.1) is 5.82 Å². The van der Waals surface area contributed by atoms with Gasteiger partial charge in [-0.25, -0.2) is 9.18 Å². The van der Waals surface area contributed by atoms with Gasteiger partial charge in [0.15, 0.2) is 0 Å². The minimum atomic E-state index is -0.530. The molecule has 2 unspecified atom stereocenters. The van der Waals surface area contributed by atoms with E-state index in [0.717, 1.165) is 18.4 Å². The number of piperazine rings is 1. The van der Waals surface area contributed by atoms with E-state index < -0.39 is 5.60 Å². The van der Waals surface area contributed by atoms with Crippen molar-refractivity contribution in [2.24, 2.45) is 0 Å². The molecule has 2 aliphatic heterocycles. The second-order valence-electron chi connectivity index (χ2n) is 8.94. The first kappa shape index (κ1) is 21.6. The number of amides is 2. The molecule has 3 rings (SSSR count). The van der Waals surface area contributed by atoms with Crippen molar-refractivity contribution in [1.82, 2.24) is 15.1 Å². The summed E-state index contributed by atoms with van der Waals surface area (Å²) in [6, 6.07) is 6.21. The molecule has 3 atom stereocenters. The molecule has 2 heterocycles. The fourth-order valence-electron chi connectivity index (χ4n) is 4.32. The highest BCUT2D eigenvalue weighted by Crippen LogP contribution is 2.33. The van der Waals surface area contributed by atoms with Crippen molar-refractivity contribution in [1.29, 1.82) is 0 Å². The maximum Gasteiger partial charge on any atom is 0.410 e. The smallest absolute Gasteiger partial charge is 0.410 e. The number of nitrogens with one attached hydrogen (secondary N) is 1. The second kappa shape index (κ2) is 8.69. The largest absolute Gasteiger partial charge is 0.444 e. The molecule has 160 valence electrons. The Morgan fingerprint density at radius 1 is 1.17 bits per heavy atom. The summed E-state index contributed by atoms with van der Waals surface area (Å²) in [6.07, 6.45) is 1.81. The lowest BCUT2D eigenvalue weighted by atomic mass is 10.0. The first-order chi connectivity index (χ1) is 13.7. The summed E-state index contributed by atoms with van der Waals surface area (Å²) in [5.41, 5.74) is 0.374. The zero-order chi connectivity index (χ0) is 21.2. The van der Waals surface area contributed by atoms with Gasteiger partial charge >= 0.3 is 6.09 Å². The number of fused-ring (bicyclic) bond motifs is 2. The Hall–Kier alpha value is -2.15. The number of hydrogen-bond acceptors (Lipinski definition) is 4. The number of likely N-dealkylation sites (tertiary alicyclic amines) is 1. The molecular formula is C22H32FN3O3. The van der Waals surface area contributed by atoms with E-state index in [0.29, 0.717) is 26.1 Å². The molecule has 0 aliphatic carbocycles. The van der Waals surface area contributed by atoms with Crippen molar-refractivity contribution in [3.05, 3.63) is 35.6 Å². The van der Waals surface area contributed by atoms with E-state index in [1.54, 1.807) is 17.0 Å². The fraction of sp³-hybridized carbons (Fsp3) is 0.636. The SMILES string of the molecule is CCN[C@H](CC(=O)N1C2CCC1CN(C(=O)OC(C)(C)C)C2)c1ccc(F)cc1. The average Bonchev–Trinajstić information content (AvgIpc) is 2.90. The molecule has 29 heavy (non-hydrogen) atoms. The van der Waals surface area contributed by atoms with Crippen LogP contribution in [0.2, 0.25) is 0 Å². The predicted molar refractivity (Wildman–Crippen MR) is 109 cm³/mol. The highest BCUT2D eigenvalue weighted by atomic mass is 19.1. The lowest BCUT2D eigenvalue weighted by Crippen LogP contribution is -2.58. The van der Waals surface area contributed by atoms with Crippen LogP contribution in [0.1, 0.15) is 58.6 Å². The monoisotopic (exact) mass is 405 g/mol. The quantitative estimate of drug-likeness (QED) is 0.815. The molecular weight excluding hydrogens is 373 g/mol. The number of benzene rings is 1. The first-order valence-electron chi connectivity index (χ1n) is 10.5. The van der Waals surface area contributed by atoms with Gasteiger partial charge in [-0.15, -0.1) is 0 Å². The third kappa shape index (κ3) is 5.26. The third-order valence-corrected chi connectivity index (χ3v) is 5.52. The van der Waals surface area contributed by atoms with Gasteiger partial charge in [-0.1, -0.05) is 19.1 Å². The Morgan fingerprint density at radius 2 is 1.76 bits per heavy atom. The average molecular weight is 406 g/mol. The second-order valence-corrected chi connectivity index (χ2v) is 8.94. The molecule has 2 amide bonds. The third-order valence-electron chi connectivity index (χ3n) is 5.52. The van der Waals surface area contributed by atoms with E-state index in [1.165, 1.54) is 12.1 Å². The first-order valence-corrected chi connectivity index (χ1v) is 10.5. The highest BCUT2D eigenvalue weighted by molar-refractivity contribution is 5.79. The predicted octanol–water partition coefficient (Wildman–Crippen LogP) is 3.48. The zero-order valence-electron chi connectivity index (χ0n) is 17.8. The van der Waals surface area contributed by atoms with Gasteiger partial charge in [-0.05, 0) is 57.9 Å². The maximum atomic E-state index is 13.3. The molecule has 7 heteroatoms. The number of nitrogens with zero attached hydrogens (tertiary/aromatic N) is 2. The van der Waals surface area contributed by atoms with Crippen LogP contribution in [0.4, 0.5) is 9.18 Å². The number of carbonyl (C=O) groups is 2. The van der Waals surface area contributed by atoms with E-state index in [9.17, 15) is 14.0 Å². The van der Waals surface area contributed by atoms with Gasteiger partial charge in [-0.2, -0.15) is 0 Å². The Kier molecular flexibility index (Phi) is 6.46. The Balaban J connectivity index is 1.65. The van der Waals surface area contributed by atoms with Gasteiger partial charge in [0.2, 0.25) is 5.91 Å². The van der Waals surface area contributed by atoms with Crippen LogP contribution >= 0.6 is 0 Å². The number of hydrogen-bond donors (Lipinski definition) is 1. The lowest BCUT2D eigenvalue weighted by molar-refractivity contribution is -0.137. The minimum Gasteiger partial charge on any atom is -0.444 e. The van der Waals surface area contributed by atoms with Crippen molar-refractivity contribution >= 4 is 12.0 Å². The standard InChI is InChI=1S/C22H32FN3O3/c1-5-24-19(15-6-8-16(23)9-7-15)12-20(27)26-17-10-11-18(26)14-25(13-17)21(28)29-22(2,3)4/h6-9,17-19,24H,5,10-14H2,1-4H3/t17?,18?,19-/m1/s1. The molecule has 1 aromatic rings. The summed E-state index contributed by atoms with van der Waals surface area (Å²) in [7, 11) is 0. The Labute approximate surface area is 172 Å². The Morgan fingerprint density at radius 3 is 2.28 bits per heavy atom. The molecule has 0 radical (unpaired) electrons. The normalized spacial score (nSPS) is 22.5. The summed E-state index contributed by atoms with van der Waals surface area (Å²) >= 11 is 0. The lowest BCUT2D eigenvalue weighted by Gasteiger charge is -2.41. The van der Waals surface area contributed by atoms with Gasteiger partial charge in [0.05, 0.1) is 0 Å². The number of carbonyl (C=O) groups excluding carboxylic acids is 2. The molecule has 2 saturated heterocycles. The zero-order valence-corrected chi connectivity index (χ0v) is 17.8. The summed E-state index contributed by atoms with van der Waals surface area (Å²) in [5.74, 6) is -0.205. The molecule has 2 aliphatic rings. The van der Waals surface area contributed by atoms with Gasteiger partial charge in [0, 0.05) is 37.6 Å². The van der Waals surface area contributed by atoms with Crippen LogP contribution < -0.4 is 5.32 Å². The van der Waals surface area contributed by atoms with Crippen molar-refractivity contribution in [2.45, 2.75) is 70.7 Å². The van der Waals surface area contributed by atoms with E-state index in [4.69, 9.17) is 4.74 Å². The molecule has 6 nitrogen and oxygen atoms in total. The summed E-state index contributed by atoms with van der Waals surface area (Å²) in [5, 5.41) is 3.34. The molecule has 0 spiro atoms. The summed E-state index contributed by atoms with van der Waals surface area (Å²) < 4.78 is 18.8. The van der Waals surface area contributed by atoms with Crippen molar-refractivity contribution < 1.29 is 18.7 Å². The molecule has 1 aromatic carbocycles. The van der Waals surface area contributed by atoms with Gasteiger partial charge in [0.1, 0.15) is 11.4 Å². The van der Waals surface area contributed by atoms with Crippen LogP contribution in [-0.2, 0) is 9.53 Å². The maximum absolute atomic E-state index is 13.3. The van der Waals surface area contributed by atoms with Crippen molar-refractivity contribution in [3.63, 3.8) is 0 Å². The van der Waals surface area contributed by atoms with Gasteiger partial charge in [0.25, 0.3) is 0 Å². The van der Waals surface area contributed by atoms with E-state index in [1.807, 2.05) is 32.6 Å². The molecule has 2 bridgehead atoms. The Bertz CT molecular complexity index is 718. The van der Waals surface area contributed by atoms with Gasteiger partial charge < -0.3 is 19.9 Å². The molecule has 2 fully saturated rings. The summed E-state index contributed by atoms with van der Waals surface area (Å²) in [6.45, 7) is 9.30. The fourth-order valence-corrected chi connectivity index (χ4v) is 4.32. The van der Waals surface area contributed by atoms with Crippen LogP contribution in [0.5, 0.6) is 0 Å². The highest BCUT2D eigenvalue weighted by Gasteiger charge is 2.44. The van der Waals surface area contributed by atoms with Crippen LogP contribution in [0.25, 0.3) is 0 Å². The number of rotatable bonds is 5. The topological polar surface area (TPSA) is 61.9 Å². The summed E-state index contributed by atoms with van der Waals surface area (Å²) in [4.78, 5) is 29.3. The number of halogens is 1.